The number of benzene rings is 1. The molecular formula is C17H20N2O5. The van der Waals surface area contributed by atoms with E-state index in [2.05, 4.69) is 0 Å². The Kier molecular flexibility index (Phi) is 5.64. The average molecular weight is 332 g/mol. The summed E-state index contributed by atoms with van der Waals surface area (Å²) in [6.45, 7) is 2.45. The number of methoxy groups -OCH3 is 1. The Labute approximate surface area is 140 Å². The summed E-state index contributed by atoms with van der Waals surface area (Å²) in [5.74, 6) is -0.814. The maximum absolute atomic E-state index is 12.3. The highest BCUT2D eigenvalue weighted by molar-refractivity contribution is 5.79. The van der Waals surface area contributed by atoms with Gasteiger partial charge in [-0.25, -0.2) is 0 Å². The molecule has 1 saturated heterocycles. The standard InChI is InChI=1S/C17H20N2O5/c1-11-5-13(17(21)22)9-19(8-11)16(20)10-24-14-4-3-12(7-18)6-15(14)23-2/h3-4,6,11,13H,5,8-10H2,1-2H3,(H,21,22). The molecule has 1 aromatic carbocycles. The highest BCUT2D eigenvalue weighted by atomic mass is 16.5. The number of carboxylic acid groups (broad SMARTS) is 1. The van der Waals surface area contributed by atoms with E-state index in [0.29, 0.717) is 30.0 Å². The SMILES string of the molecule is COc1cc(C#N)ccc1OCC(=O)N1CC(C)CC(C(=O)O)C1. The molecule has 0 bridgehead atoms. The largest absolute Gasteiger partial charge is 0.493 e. The van der Waals surface area contributed by atoms with Crippen LogP contribution in [0.4, 0.5) is 0 Å². The third kappa shape index (κ3) is 4.16. The number of ether oxygens (including phenoxy) is 2. The molecule has 24 heavy (non-hydrogen) atoms. The fraction of sp³-hybridized carbons (Fsp3) is 0.471. The van der Waals surface area contributed by atoms with Crippen LogP contribution in [0.15, 0.2) is 18.2 Å². The smallest absolute Gasteiger partial charge is 0.308 e. The number of hydrogen-bond donors (Lipinski definition) is 1. The van der Waals surface area contributed by atoms with Gasteiger partial charge in [-0.05, 0) is 24.5 Å². The molecule has 2 unspecified atom stereocenters. The van der Waals surface area contributed by atoms with Crippen molar-refractivity contribution in [3.63, 3.8) is 0 Å². The van der Waals surface area contributed by atoms with Crippen LogP contribution in [0.1, 0.15) is 18.9 Å². The first kappa shape index (κ1) is 17.6. The molecule has 2 rings (SSSR count). The highest BCUT2D eigenvalue weighted by Crippen LogP contribution is 2.28. The Bertz CT molecular complexity index is 667. The molecule has 0 radical (unpaired) electrons. The van der Waals surface area contributed by atoms with E-state index >= 15 is 0 Å². The number of rotatable bonds is 5. The van der Waals surface area contributed by atoms with Crippen LogP contribution >= 0.6 is 0 Å². The number of nitrogens with zero attached hydrogens (tertiary/aromatic N) is 2. The average Bonchev–Trinajstić information content (AvgIpc) is 2.58. The molecular weight excluding hydrogens is 312 g/mol. The minimum atomic E-state index is -0.881. The second-order valence-electron chi connectivity index (χ2n) is 5.94. The van der Waals surface area contributed by atoms with Crippen LogP contribution in [0.3, 0.4) is 0 Å². The minimum Gasteiger partial charge on any atom is -0.493 e. The van der Waals surface area contributed by atoms with E-state index < -0.39 is 11.9 Å². The lowest BCUT2D eigenvalue weighted by atomic mass is 9.90. The minimum absolute atomic E-state index is 0.133. The van der Waals surface area contributed by atoms with Gasteiger partial charge in [-0.15, -0.1) is 0 Å². The summed E-state index contributed by atoms with van der Waals surface area (Å²) in [5.41, 5.74) is 0.430. The Morgan fingerprint density at radius 1 is 1.38 bits per heavy atom. The number of piperidine rings is 1. The summed E-state index contributed by atoms with van der Waals surface area (Å²) in [7, 11) is 1.45. The van der Waals surface area contributed by atoms with Crippen molar-refractivity contribution >= 4 is 11.9 Å². The highest BCUT2D eigenvalue weighted by Gasteiger charge is 2.32. The van der Waals surface area contributed by atoms with Gasteiger partial charge >= 0.3 is 5.97 Å². The summed E-state index contributed by atoms with van der Waals surface area (Å²) in [6.07, 6.45) is 0.573. The molecule has 7 heteroatoms. The fourth-order valence-corrected chi connectivity index (χ4v) is 2.82. The summed E-state index contributed by atoms with van der Waals surface area (Å²) in [4.78, 5) is 25.0. The third-order valence-electron chi connectivity index (χ3n) is 4.01. The molecule has 1 N–H and O–H groups in total. The maximum atomic E-state index is 12.3. The molecule has 1 heterocycles. The van der Waals surface area contributed by atoms with Crippen molar-refractivity contribution in [2.45, 2.75) is 13.3 Å². The van der Waals surface area contributed by atoms with Crippen LogP contribution in [-0.2, 0) is 9.59 Å². The molecule has 2 atom stereocenters. The second-order valence-corrected chi connectivity index (χ2v) is 5.94. The summed E-state index contributed by atoms with van der Waals surface area (Å²) < 4.78 is 10.7. The summed E-state index contributed by atoms with van der Waals surface area (Å²) in [5, 5.41) is 18.0. The van der Waals surface area contributed by atoms with E-state index in [1.165, 1.54) is 18.1 Å². The Morgan fingerprint density at radius 2 is 2.12 bits per heavy atom. The van der Waals surface area contributed by atoms with Crippen molar-refractivity contribution in [2.75, 3.05) is 26.8 Å². The number of carbonyl (C=O) groups excluding carboxylic acids is 1. The van der Waals surface area contributed by atoms with Crippen LogP contribution in [0.25, 0.3) is 0 Å². The zero-order valence-corrected chi connectivity index (χ0v) is 13.7. The number of nitriles is 1. The topological polar surface area (TPSA) is 99.9 Å². The van der Waals surface area contributed by atoms with Gasteiger partial charge in [0.15, 0.2) is 18.1 Å². The van der Waals surface area contributed by atoms with Crippen molar-refractivity contribution in [2.24, 2.45) is 11.8 Å². The number of carboxylic acids is 1. The molecule has 1 aromatic rings. The summed E-state index contributed by atoms with van der Waals surface area (Å²) in [6, 6.07) is 6.68. The van der Waals surface area contributed by atoms with Crippen LogP contribution in [0.5, 0.6) is 11.5 Å². The zero-order valence-electron chi connectivity index (χ0n) is 13.7. The lowest BCUT2D eigenvalue weighted by Gasteiger charge is -2.34. The van der Waals surface area contributed by atoms with E-state index in [1.807, 2.05) is 13.0 Å². The lowest BCUT2D eigenvalue weighted by Crippen LogP contribution is -2.47. The normalized spacial score (nSPS) is 20.1. The molecule has 0 aromatic heterocycles. The second kappa shape index (κ2) is 7.68. The van der Waals surface area contributed by atoms with Gasteiger partial charge in [0.25, 0.3) is 5.91 Å². The van der Waals surface area contributed by atoms with Crippen LogP contribution in [0, 0.1) is 23.2 Å². The predicted octanol–water partition coefficient (Wildman–Crippen LogP) is 1.51. The van der Waals surface area contributed by atoms with Gasteiger partial charge in [-0.3, -0.25) is 9.59 Å². The van der Waals surface area contributed by atoms with E-state index in [-0.39, 0.29) is 25.0 Å². The van der Waals surface area contributed by atoms with Crippen molar-refractivity contribution in [3.05, 3.63) is 23.8 Å². The lowest BCUT2D eigenvalue weighted by molar-refractivity contribution is -0.147. The van der Waals surface area contributed by atoms with E-state index in [0.717, 1.165) is 0 Å². The first-order chi connectivity index (χ1) is 11.4. The van der Waals surface area contributed by atoms with Gasteiger partial charge in [0.2, 0.25) is 0 Å². The molecule has 1 amide bonds. The predicted molar refractivity (Wildman–Crippen MR) is 84.7 cm³/mol. The molecule has 7 nitrogen and oxygen atoms in total. The molecule has 0 aliphatic carbocycles. The van der Waals surface area contributed by atoms with Gasteiger partial charge in [-0.1, -0.05) is 6.92 Å². The number of aliphatic carboxylic acids is 1. The Balaban J connectivity index is 2.00. The van der Waals surface area contributed by atoms with Crippen LogP contribution in [0.2, 0.25) is 0 Å². The van der Waals surface area contributed by atoms with Crippen molar-refractivity contribution in [1.82, 2.24) is 4.90 Å². The maximum Gasteiger partial charge on any atom is 0.308 e. The number of hydrogen-bond acceptors (Lipinski definition) is 5. The van der Waals surface area contributed by atoms with Gasteiger partial charge in [0, 0.05) is 19.2 Å². The van der Waals surface area contributed by atoms with E-state index in [1.54, 1.807) is 12.1 Å². The molecule has 1 aliphatic rings. The van der Waals surface area contributed by atoms with Gasteiger partial charge in [-0.2, -0.15) is 5.26 Å². The number of likely N-dealkylation sites (tertiary alicyclic amines) is 1. The molecule has 0 spiro atoms. The Hall–Kier alpha value is -2.75. The van der Waals surface area contributed by atoms with E-state index in [9.17, 15) is 9.59 Å². The van der Waals surface area contributed by atoms with Crippen LogP contribution in [-0.4, -0.2) is 48.7 Å². The monoisotopic (exact) mass is 332 g/mol. The number of carbonyl (C=O) groups is 2. The van der Waals surface area contributed by atoms with Crippen molar-refractivity contribution in [3.8, 4) is 17.6 Å². The van der Waals surface area contributed by atoms with Gasteiger partial charge in [0.1, 0.15) is 0 Å². The molecule has 1 fully saturated rings. The first-order valence-electron chi connectivity index (χ1n) is 7.66. The van der Waals surface area contributed by atoms with Crippen molar-refractivity contribution in [1.29, 1.82) is 5.26 Å². The third-order valence-corrected chi connectivity index (χ3v) is 4.01. The number of amides is 1. The Morgan fingerprint density at radius 3 is 2.75 bits per heavy atom. The zero-order chi connectivity index (χ0) is 17.7. The quantitative estimate of drug-likeness (QED) is 0.877. The van der Waals surface area contributed by atoms with Gasteiger partial charge < -0.3 is 19.5 Å². The molecule has 1 aliphatic heterocycles. The first-order valence-corrected chi connectivity index (χ1v) is 7.66. The molecule has 0 saturated carbocycles. The van der Waals surface area contributed by atoms with E-state index in [4.69, 9.17) is 19.8 Å². The van der Waals surface area contributed by atoms with Crippen LogP contribution < -0.4 is 9.47 Å². The fourth-order valence-electron chi connectivity index (χ4n) is 2.82. The van der Waals surface area contributed by atoms with Gasteiger partial charge in [0.05, 0.1) is 24.7 Å². The molecule has 128 valence electrons. The summed E-state index contributed by atoms with van der Waals surface area (Å²) >= 11 is 0. The van der Waals surface area contributed by atoms with Crippen molar-refractivity contribution < 1.29 is 24.2 Å².